The van der Waals surface area contributed by atoms with E-state index in [4.69, 9.17) is 0 Å². The van der Waals surface area contributed by atoms with E-state index in [-0.39, 0.29) is 31.3 Å². The number of benzene rings is 1. The summed E-state index contributed by atoms with van der Waals surface area (Å²) < 4.78 is 27.3. The van der Waals surface area contributed by atoms with Gasteiger partial charge in [0.15, 0.2) is 0 Å². The van der Waals surface area contributed by atoms with Crippen molar-refractivity contribution < 1.29 is 13.9 Å². The fourth-order valence-electron chi connectivity index (χ4n) is 2.70. The summed E-state index contributed by atoms with van der Waals surface area (Å²) in [5, 5.41) is 9.44. The predicted octanol–water partition coefficient (Wildman–Crippen LogP) is 4.35. The fraction of sp³-hybridized carbons (Fsp3) is 0.571. The van der Waals surface area contributed by atoms with Crippen LogP contribution in [0.1, 0.15) is 37.2 Å². The molecule has 1 aliphatic rings. The summed E-state index contributed by atoms with van der Waals surface area (Å²) in [4.78, 5) is 0. The lowest BCUT2D eigenvalue weighted by Crippen LogP contribution is -2.13. The van der Waals surface area contributed by atoms with E-state index in [1.807, 2.05) is 24.3 Å². The molecule has 1 aliphatic carbocycles. The number of aliphatic hydroxyl groups excluding tert-OH is 1. The summed E-state index contributed by atoms with van der Waals surface area (Å²) in [6, 6.07) is 7.72. The molecule has 0 aromatic heterocycles. The Morgan fingerprint density at radius 1 is 1.33 bits per heavy atom. The number of aliphatic hydroxyl groups is 1. The second kappa shape index (κ2) is 5.66. The van der Waals surface area contributed by atoms with Gasteiger partial charge in [-0.05, 0) is 36.5 Å². The first-order valence-electron chi connectivity index (χ1n) is 6.24. The molecule has 0 spiro atoms. The van der Waals surface area contributed by atoms with Gasteiger partial charge in [0.2, 0.25) is 5.92 Å². The molecule has 0 aliphatic heterocycles. The van der Waals surface area contributed by atoms with E-state index in [0.29, 0.717) is 12.8 Å². The molecular weight excluding hydrogens is 302 g/mol. The topological polar surface area (TPSA) is 20.2 Å². The van der Waals surface area contributed by atoms with E-state index < -0.39 is 5.92 Å². The third-order valence-corrected chi connectivity index (χ3v) is 4.21. The Balaban J connectivity index is 2.00. The van der Waals surface area contributed by atoms with Crippen LogP contribution >= 0.6 is 15.9 Å². The quantitative estimate of drug-likeness (QED) is 0.875. The number of hydrogen-bond acceptors (Lipinski definition) is 1. The largest absolute Gasteiger partial charge is 0.396 e. The predicted molar refractivity (Wildman–Crippen MR) is 70.9 cm³/mol. The lowest BCUT2D eigenvalue weighted by Gasteiger charge is -2.19. The molecule has 0 heterocycles. The first-order valence-corrected chi connectivity index (χ1v) is 7.03. The summed E-state index contributed by atoms with van der Waals surface area (Å²) in [7, 11) is 0. The van der Waals surface area contributed by atoms with Crippen LogP contribution in [0.25, 0.3) is 0 Å². The normalized spacial score (nSPS) is 24.1. The van der Waals surface area contributed by atoms with Crippen LogP contribution < -0.4 is 0 Å². The first-order chi connectivity index (χ1) is 8.50. The van der Waals surface area contributed by atoms with Gasteiger partial charge >= 0.3 is 0 Å². The highest BCUT2D eigenvalue weighted by molar-refractivity contribution is 9.10. The molecule has 1 aromatic carbocycles. The minimum atomic E-state index is -2.50. The molecule has 2 unspecified atom stereocenters. The van der Waals surface area contributed by atoms with Crippen LogP contribution in [0.4, 0.5) is 8.78 Å². The Bertz CT molecular complexity index is 391. The third-order valence-electron chi connectivity index (χ3n) is 3.69. The van der Waals surface area contributed by atoms with E-state index in [0.717, 1.165) is 10.0 Å². The molecule has 2 rings (SSSR count). The van der Waals surface area contributed by atoms with Gasteiger partial charge in [0.25, 0.3) is 0 Å². The Labute approximate surface area is 114 Å². The van der Waals surface area contributed by atoms with Crippen molar-refractivity contribution in [3.05, 3.63) is 34.3 Å². The van der Waals surface area contributed by atoms with E-state index in [1.54, 1.807) is 0 Å². The maximum absolute atomic E-state index is 13.1. The number of alkyl halides is 2. The zero-order valence-electron chi connectivity index (χ0n) is 10.1. The van der Waals surface area contributed by atoms with Crippen molar-refractivity contribution in [1.29, 1.82) is 0 Å². The average Bonchev–Trinajstić information content (AvgIpc) is 2.67. The summed E-state index contributed by atoms with van der Waals surface area (Å²) in [5.41, 5.74) is 1.02. The molecule has 18 heavy (non-hydrogen) atoms. The van der Waals surface area contributed by atoms with Gasteiger partial charge in [-0.25, -0.2) is 8.78 Å². The van der Waals surface area contributed by atoms with E-state index >= 15 is 0 Å². The molecule has 1 N–H and O–H groups in total. The molecule has 4 heteroatoms. The van der Waals surface area contributed by atoms with Crippen molar-refractivity contribution in [1.82, 2.24) is 0 Å². The van der Waals surface area contributed by atoms with Crippen LogP contribution in [0.5, 0.6) is 0 Å². The summed E-state index contributed by atoms with van der Waals surface area (Å²) in [6.07, 6.45) is 1.18. The SMILES string of the molecule is OCC(CC1CCC(F)(F)C1)c1ccc(Br)cc1. The van der Waals surface area contributed by atoms with Crippen molar-refractivity contribution in [2.45, 2.75) is 37.5 Å². The molecular formula is C14H17BrF2O. The van der Waals surface area contributed by atoms with E-state index in [1.165, 1.54) is 0 Å². The Hall–Kier alpha value is -0.480. The minimum Gasteiger partial charge on any atom is -0.396 e. The Kier molecular flexibility index (Phi) is 4.38. The zero-order chi connectivity index (χ0) is 13.2. The van der Waals surface area contributed by atoms with Gasteiger partial charge in [0.1, 0.15) is 0 Å². The van der Waals surface area contributed by atoms with Crippen LogP contribution in [0.3, 0.4) is 0 Å². The van der Waals surface area contributed by atoms with Gasteiger partial charge in [0, 0.05) is 29.8 Å². The molecule has 1 fully saturated rings. The zero-order valence-corrected chi connectivity index (χ0v) is 11.7. The van der Waals surface area contributed by atoms with Crippen LogP contribution in [0.15, 0.2) is 28.7 Å². The average molecular weight is 319 g/mol. The standard InChI is InChI=1S/C14H17BrF2O/c15-13-3-1-11(2-4-13)12(9-18)7-10-5-6-14(16,17)8-10/h1-4,10,12,18H,5-9H2. The van der Waals surface area contributed by atoms with E-state index in [2.05, 4.69) is 15.9 Å². The summed E-state index contributed by atoms with van der Waals surface area (Å²) in [5.74, 6) is -2.50. The van der Waals surface area contributed by atoms with Crippen molar-refractivity contribution in [3.63, 3.8) is 0 Å². The highest BCUT2D eigenvalue weighted by Gasteiger charge is 2.39. The fourth-order valence-corrected chi connectivity index (χ4v) is 2.96. The molecule has 1 aromatic rings. The first kappa shape index (κ1) is 13.9. The van der Waals surface area contributed by atoms with Crippen molar-refractivity contribution in [2.75, 3.05) is 6.61 Å². The minimum absolute atomic E-state index is 0.00382. The molecule has 0 amide bonds. The summed E-state index contributed by atoms with van der Waals surface area (Å²) >= 11 is 3.36. The molecule has 1 saturated carbocycles. The highest BCUT2D eigenvalue weighted by Crippen LogP contribution is 2.42. The third kappa shape index (κ3) is 3.51. The van der Waals surface area contributed by atoms with Crippen LogP contribution in [-0.2, 0) is 0 Å². The Morgan fingerprint density at radius 2 is 2.00 bits per heavy atom. The van der Waals surface area contributed by atoms with Gasteiger partial charge in [-0.3, -0.25) is 0 Å². The van der Waals surface area contributed by atoms with Crippen LogP contribution in [0, 0.1) is 5.92 Å². The lowest BCUT2D eigenvalue weighted by molar-refractivity contribution is 0.00416. The maximum atomic E-state index is 13.1. The van der Waals surface area contributed by atoms with Gasteiger partial charge in [-0.1, -0.05) is 28.1 Å². The molecule has 2 atom stereocenters. The molecule has 0 saturated heterocycles. The molecule has 100 valence electrons. The molecule has 1 nitrogen and oxygen atoms in total. The lowest BCUT2D eigenvalue weighted by atomic mass is 9.88. The van der Waals surface area contributed by atoms with Crippen molar-refractivity contribution >= 4 is 15.9 Å². The molecule has 0 bridgehead atoms. The highest BCUT2D eigenvalue weighted by atomic mass is 79.9. The monoisotopic (exact) mass is 318 g/mol. The van der Waals surface area contributed by atoms with E-state index in [9.17, 15) is 13.9 Å². The van der Waals surface area contributed by atoms with Gasteiger partial charge in [-0.2, -0.15) is 0 Å². The maximum Gasteiger partial charge on any atom is 0.248 e. The van der Waals surface area contributed by atoms with Gasteiger partial charge in [0.05, 0.1) is 0 Å². The molecule has 0 radical (unpaired) electrons. The number of hydrogen-bond donors (Lipinski definition) is 1. The van der Waals surface area contributed by atoms with Crippen molar-refractivity contribution in [3.8, 4) is 0 Å². The summed E-state index contributed by atoms with van der Waals surface area (Å²) in [6.45, 7) is 0.0176. The smallest absolute Gasteiger partial charge is 0.248 e. The van der Waals surface area contributed by atoms with Crippen molar-refractivity contribution in [2.24, 2.45) is 5.92 Å². The Morgan fingerprint density at radius 3 is 2.50 bits per heavy atom. The second-order valence-corrected chi connectivity index (χ2v) is 6.05. The second-order valence-electron chi connectivity index (χ2n) is 5.13. The number of halogens is 3. The van der Waals surface area contributed by atoms with Gasteiger partial charge in [-0.15, -0.1) is 0 Å². The van der Waals surface area contributed by atoms with Crippen LogP contribution in [0.2, 0.25) is 0 Å². The van der Waals surface area contributed by atoms with Crippen LogP contribution in [-0.4, -0.2) is 17.6 Å². The van der Waals surface area contributed by atoms with Gasteiger partial charge < -0.3 is 5.11 Å². The number of rotatable bonds is 4.